The molecule has 1 saturated carbocycles. The Labute approximate surface area is 154 Å². The van der Waals surface area contributed by atoms with E-state index >= 15 is 0 Å². The highest BCUT2D eigenvalue weighted by Gasteiger charge is 2.22. The van der Waals surface area contributed by atoms with Crippen LogP contribution in [0.1, 0.15) is 19.8 Å². The van der Waals surface area contributed by atoms with E-state index in [9.17, 15) is 0 Å². The Kier molecular flexibility index (Phi) is 5.96. The SMILES string of the molecule is CC[n+]1ccc2c(c(I)cn2CCOC2CC2)c1Cl.[I-]. The van der Waals surface area contributed by atoms with Gasteiger partial charge in [-0.25, -0.2) is 0 Å². The lowest BCUT2D eigenvalue weighted by atomic mass is 10.3. The number of nitrogens with zero attached hydrogens (tertiary/aromatic N) is 2. The predicted molar refractivity (Wildman–Crippen MR) is 84.5 cm³/mol. The molecule has 1 fully saturated rings. The van der Waals surface area contributed by atoms with Gasteiger partial charge in [-0.15, -0.1) is 0 Å². The summed E-state index contributed by atoms with van der Waals surface area (Å²) in [5.74, 6) is 0. The molecule has 3 rings (SSSR count). The molecule has 1 aliphatic rings. The molecule has 0 aliphatic heterocycles. The number of halogens is 3. The third kappa shape index (κ3) is 3.41. The van der Waals surface area contributed by atoms with Crippen LogP contribution < -0.4 is 28.5 Å². The van der Waals surface area contributed by atoms with Gasteiger partial charge in [0.05, 0.1) is 23.6 Å². The first kappa shape index (κ1) is 16.8. The van der Waals surface area contributed by atoms with Crippen molar-refractivity contribution in [2.24, 2.45) is 0 Å². The average molecular weight is 519 g/mol. The van der Waals surface area contributed by atoms with Crippen LogP contribution >= 0.6 is 34.2 Å². The van der Waals surface area contributed by atoms with E-state index in [1.54, 1.807) is 0 Å². The van der Waals surface area contributed by atoms with E-state index in [0.717, 1.165) is 30.2 Å². The monoisotopic (exact) mass is 518 g/mol. The van der Waals surface area contributed by atoms with Crippen LogP contribution in [0.15, 0.2) is 18.5 Å². The Bertz CT molecular complexity index is 611. The minimum Gasteiger partial charge on any atom is -1.00 e. The third-order valence-electron chi connectivity index (χ3n) is 3.50. The highest BCUT2D eigenvalue weighted by molar-refractivity contribution is 14.1. The maximum atomic E-state index is 6.47. The normalized spacial score (nSPS) is 14.6. The van der Waals surface area contributed by atoms with Gasteiger partial charge in [0.15, 0.2) is 6.20 Å². The van der Waals surface area contributed by atoms with Gasteiger partial charge in [-0.05, 0) is 54.0 Å². The molecule has 0 unspecified atom stereocenters. The van der Waals surface area contributed by atoms with E-state index in [1.165, 1.54) is 21.9 Å². The van der Waals surface area contributed by atoms with Crippen molar-refractivity contribution < 1.29 is 33.3 Å². The first-order valence-corrected chi connectivity index (χ1v) is 8.14. The topological polar surface area (TPSA) is 18.0 Å². The van der Waals surface area contributed by atoms with Gasteiger partial charge in [-0.2, -0.15) is 4.57 Å². The summed E-state index contributed by atoms with van der Waals surface area (Å²) in [5, 5.41) is 1.98. The lowest BCUT2D eigenvalue weighted by molar-refractivity contribution is -0.690. The third-order valence-corrected chi connectivity index (χ3v) is 4.72. The Morgan fingerprint density at radius 3 is 2.90 bits per heavy atom. The number of fused-ring (bicyclic) bond motifs is 1. The largest absolute Gasteiger partial charge is 1.00 e. The molecule has 0 amide bonds. The molecule has 0 spiro atoms. The second-order valence-electron chi connectivity index (χ2n) is 4.89. The number of aromatic nitrogens is 2. The predicted octanol–water partition coefficient (Wildman–Crippen LogP) is 0.390. The number of ether oxygens (including phenoxy) is 1. The molecule has 0 N–H and O–H groups in total. The van der Waals surface area contributed by atoms with E-state index in [1.807, 2.05) is 0 Å². The summed E-state index contributed by atoms with van der Waals surface area (Å²) in [5.41, 5.74) is 1.19. The second-order valence-corrected chi connectivity index (χ2v) is 6.41. The van der Waals surface area contributed by atoms with Crippen molar-refractivity contribution in [1.82, 2.24) is 4.57 Å². The Hall–Kier alpha value is 0.400. The maximum absolute atomic E-state index is 6.47. The standard InChI is InChI=1S/C14H17ClIN2O.HI/c1-2-17-6-5-12-13(14(17)15)11(16)9-18(12)7-8-19-10-3-4-10;/h5-6,9-10H,2-4,7-8H2,1H3;1H/q+1;/p-1. The van der Waals surface area contributed by atoms with Crippen LogP contribution in [0.25, 0.3) is 10.9 Å². The molecule has 3 nitrogen and oxygen atoms in total. The number of pyridine rings is 1. The minimum absolute atomic E-state index is 0. The molecular formula is C14H17ClI2N2O. The van der Waals surface area contributed by atoms with E-state index < -0.39 is 0 Å². The molecule has 0 aromatic carbocycles. The zero-order valence-electron chi connectivity index (χ0n) is 11.3. The summed E-state index contributed by atoms with van der Waals surface area (Å²) in [7, 11) is 0. The quantitative estimate of drug-likeness (QED) is 0.318. The summed E-state index contributed by atoms with van der Waals surface area (Å²) in [6.07, 6.45) is 7.19. The first-order chi connectivity index (χ1) is 9.20. The van der Waals surface area contributed by atoms with Crippen molar-refractivity contribution in [3.8, 4) is 0 Å². The van der Waals surface area contributed by atoms with Crippen LogP contribution in [0.4, 0.5) is 0 Å². The molecule has 2 heterocycles. The van der Waals surface area contributed by atoms with Crippen molar-refractivity contribution >= 4 is 45.1 Å². The Morgan fingerprint density at radius 1 is 1.50 bits per heavy atom. The smallest absolute Gasteiger partial charge is 0.285 e. The summed E-state index contributed by atoms with van der Waals surface area (Å²) in [6, 6.07) is 2.14. The molecule has 6 heteroatoms. The number of rotatable bonds is 5. The van der Waals surface area contributed by atoms with E-state index in [2.05, 4.69) is 57.1 Å². The fourth-order valence-electron chi connectivity index (χ4n) is 2.27. The van der Waals surface area contributed by atoms with Crippen LogP contribution in [0.5, 0.6) is 0 Å². The van der Waals surface area contributed by atoms with E-state index in [4.69, 9.17) is 16.3 Å². The van der Waals surface area contributed by atoms with Crippen molar-refractivity contribution in [2.45, 2.75) is 39.0 Å². The van der Waals surface area contributed by atoms with Crippen molar-refractivity contribution in [3.05, 3.63) is 27.2 Å². The molecule has 2 aromatic rings. The lowest BCUT2D eigenvalue weighted by Gasteiger charge is -2.05. The van der Waals surface area contributed by atoms with Gasteiger partial charge in [0.2, 0.25) is 0 Å². The highest BCUT2D eigenvalue weighted by atomic mass is 127. The molecule has 2 aromatic heterocycles. The van der Waals surface area contributed by atoms with Crippen molar-refractivity contribution in [3.63, 3.8) is 0 Å². The molecule has 0 radical (unpaired) electrons. The van der Waals surface area contributed by atoms with Crippen LogP contribution in [0, 0.1) is 3.57 Å². The summed E-state index contributed by atoms with van der Waals surface area (Å²) in [6.45, 7) is 4.67. The van der Waals surface area contributed by atoms with Crippen molar-refractivity contribution in [1.29, 1.82) is 0 Å². The number of hydrogen-bond acceptors (Lipinski definition) is 1. The summed E-state index contributed by atoms with van der Waals surface area (Å²) >= 11 is 8.82. The van der Waals surface area contributed by atoms with Crippen LogP contribution in [0.3, 0.4) is 0 Å². The lowest BCUT2D eigenvalue weighted by Crippen LogP contribution is -3.00. The van der Waals surface area contributed by atoms with Crippen LogP contribution in [-0.4, -0.2) is 17.3 Å². The van der Waals surface area contributed by atoms with Gasteiger partial charge in [0.1, 0.15) is 6.54 Å². The van der Waals surface area contributed by atoms with E-state index in [0.29, 0.717) is 6.10 Å². The maximum Gasteiger partial charge on any atom is 0.285 e. The van der Waals surface area contributed by atoms with Gasteiger partial charge < -0.3 is 33.3 Å². The van der Waals surface area contributed by atoms with E-state index in [-0.39, 0.29) is 24.0 Å². The van der Waals surface area contributed by atoms with Crippen molar-refractivity contribution in [2.75, 3.05) is 6.61 Å². The van der Waals surface area contributed by atoms with Gasteiger partial charge in [-0.3, -0.25) is 0 Å². The minimum atomic E-state index is 0. The first-order valence-electron chi connectivity index (χ1n) is 6.68. The molecule has 0 bridgehead atoms. The fourth-order valence-corrected chi connectivity index (χ4v) is 3.67. The second kappa shape index (κ2) is 7.11. The van der Waals surface area contributed by atoms with Gasteiger partial charge in [0.25, 0.3) is 5.15 Å². The summed E-state index contributed by atoms with van der Waals surface area (Å²) in [4.78, 5) is 0. The number of aryl methyl sites for hydroxylation is 1. The van der Waals surface area contributed by atoms with Gasteiger partial charge in [0, 0.05) is 22.4 Å². The highest BCUT2D eigenvalue weighted by Crippen LogP contribution is 2.28. The number of hydrogen-bond donors (Lipinski definition) is 0. The molecule has 1 aliphatic carbocycles. The fraction of sp³-hybridized carbons (Fsp3) is 0.500. The Morgan fingerprint density at radius 2 is 2.25 bits per heavy atom. The Balaban J connectivity index is 0.00000147. The van der Waals surface area contributed by atoms with Crippen LogP contribution in [0.2, 0.25) is 5.15 Å². The van der Waals surface area contributed by atoms with Gasteiger partial charge >= 0.3 is 0 Å². The molecule has 110 valence electrons. The molecular weight excluding hydrogens is 501 g/mol. The molecule has 0 saturated heterocycles. The average Bonchev–Trinajstić information content (AvgIpc) is 3.15. The van der Waals surface area contributed by atoms with Crippen LogP contribution in [-0.2, 0) is 17.8 Å². The summed E-state index contributed by atoms with van der Waals surface area (Å²) < 4.78 is 11.2. The molecule has 0 atom stereocenters. The zero-order valence-corrected chi connectivity index (χ0v) is 16.4. The van der Waals surface area contributed by atoms with Gasteiger partial charge in [-0.1, -0.05) is 0 Å². The zero-order chi connectivity index (χ0) is 13.4. The molecule has 20 heavy (non-hydrogen) atoms.